The van der Waals surface area contributed by atoms with Gasteiger partial charge in [0.2, 0.25) is 5.82 Å². The van der Waals surface area contributed by atoms with Crippen LogP contribution in [0.4, 0.5) is 0 Å². The van der Waals surface area contributed by atoms with Gasteiger partial charge in [-0.2, -0.15) is 4.98 Å². The van der Waals surface area contributed by atoms with Crippen LogP contribution in [0.2, 0.25) is 0 Å². The van der Waals surface area contributed by atoms with Crippen molar-refractivity contribution in [3.8, 4) is 28.6 Å². The van der Waals surface area contributed by atoms with Crippen LogP contribution in [0.25, 0.3) is 33.9 Å². The van der Waals surface area contributed by atoms with Crippen LogP contribution < -0.4 is 10.4 Å². The average molecular weight is 350 g/mol. The Kier molecular flexibility index (Phi) is 3.84. The van der Waals surface area contributed by atoms with Gasteiger partial charge in [0.15, 0.2) is 0 Å². The molecule has 0 fully saturated rings. The number of aromatic nitrogens is 4. The highest BCUT2D eigenvalue weighted by Gasteiger charge is 2.16. The Bertz CT molecular complexity index is 1140. The summed E-state index contributed by atoms with van der Waals surface area (Å²) >= 11 is 0. The van der Waals surface area contributed by atoms with Gasteiger partial charge in [0, 0.05) is 11.6 Å². The van der Waals surface area contributed by atoms with Gasteiger partial charge in [-0.1, -0.05) is 17.3 Å². The first-order chi connectivity index (χ1) is 12.6. The molecule has 2 aromatic heterocycles. The summed E-state index contributed by atoms with van der Waals surface area (Å²) < 4.78 is 12.5. The molecule has 26 heavy (non-hydrogen) atoms. The van der Waals surface area contributed by atoms with Crippen molar-refractivity contribution in [1.82, 2.24) is 19.7 Å². The molecular weight excluding hydrogens is 332 g/mol. The predicted molar refractivity (Wildman–Crippen MR) is 98.2 cm³/mol. The third-order valence-electron chi connectivity index (χ3n) is 4.25. The number of nitrogens with zero attached hydrogens (tertiary/aromatic N) is 3. The molecule has 2 heterocycles. The zero-order valence-corrected chi connectivity index (χ0v) is 14.7. The first-order valence-electron chi connectivity index (χ1n) is 8.30. The maximum absolute atomic E-state index is 12.1. The molecule has 0 spiro atoms. The highest BCUT2D eigenvalue weighted by molar-refractivity contribution is 5.81. The topological polar surface area (TPSA) is 85.9 Å². The first kappa shape index (κ1) is 16.1. The number of imidazole rings is 1. The van der Waals surface area contributed by atoms with E-state index >= 15 is 0 Å². The summed E-state index contributed by atoms with van der Waals surface area (Å²) in [6.07, 6.45) is 0. The molecule has 4 aromatic rings. The van der Waals surface area contributed by atoms with Gasteiger partial charge >= 0.3 is 5.69 Å². The van der Waals surface area contributed by atoms with Crippen molar-refractivity contribution < 1.29 is 9.26 Å². The molecule has 0 aliphatic rings. The van der Waals surface area contributed by atoms with Gasteiger partial charge in [-0.25, -0.2) is 4.79 Å². The standard InChI is InChI=1S/C19H18N4O3/c1-11(2)23-15-9-8-12(10-14(15)20-19(23)24)17-21-18(26-22-17)13-6-4-5-7-16(13)25-3/h4-11H,1-3H3,(H,20,24). The molecule has 7 nitrogen and oxygen atoms in total. The molecule has 0 saturated carbocycles. The molecule has 0 radical (unpaired) electrons. The zero-order valence-electron chi connectivity index (χ0n) is 14.7. The molecule has 2 aromatic carbocycles. The van der Waals surface area contributed by atoms with Crippen molar-refractivity contribution in [2.24, 2.45) is 0 Å². The molecule has 0 bridgehead atoms. The predicted octanol–water partition coefficient (Wildman–Crippen LogP) is 3.64. The first-order valence-corrected chi connectivity index (χ1v) is 8.30. The number of H-pyrrole nitrogens is 1. The second-order valence-electron chi connectivity index (χ2n) is 6.25. The molecule has 1 N–H and O–H groups in total. The smallest absolute Gasteiger partial charge is 0.326 e. The fourth-order valence-electron chi connectivity index (χ4n) is 3.05. The Labute approximate surface area is 149 Å². The SMILES string of the molecule is COc1ccccc1-c1nc(-c2ccc3c(c2)[nH]c(=O)n3C(C)C)no1. The zero-order chi connectivity index (χ0) is 18.3. The average Bonchev–Trinajstić information content (AvgIpc) is 3.24. The fourth-order valence-corrected chi connectivity index (χ4v) is 3.05. The highest BCUT2D eigenvalue weighted by atomic mass is 16.5. The number of para-hydroxylation sites is 1. The van der Waals surface area contributed by atoms with Gasteiger partial charge in [0.25, 0.3) is 5.89 Å². The van der Waals surface area contributed by atoms with E-state index in [-0.39, 0.29) is 11.7 Å². The lowest BCUT2D eigenvalue weighted by molar-refractivity contribution is 0.405. The number of methoxy groups -OCH3 is 1. The summed E-state index contributed by atoms with van der Waals surface area (Å²) in [7, 11) is 1.60. The highest BCUT2D eigenvalue weighted by Crippen LogP contribution is 2.30. The van der Waals surface area contributed by atoms with E-state index in [2.05, 4.69) is 15.1 Å². The molecule has 0 amide bonds. The molecular formula is C19H18N4O3. The molecule has 132 valence electrons. The Morgan fingerprint density at radius 3 is 2.77 bits per heavy atom. The van der Waals surface area contributed by atoms with Gasteiger partial charge in [0.1, 0.15) is 5.75 Å². The lowest BCUT2D eigenvalue weighted by atomic mass is 10.1. The van der Waals surface area contributed by atoms with Gasteiger partial charge in [0.05, 0.1) is 23.7 Å². The van der Waals surface area contributed by atoms with Crippen LogP contribution >= 0.6 is 0 Å². The van der Waals surface area contributed by atoms with Crippen LogP contribution in [-0.4, -0.2) is 26.8 Å². The van der Waals surface area contributed by atoms with Crippen molar-refractivity contribution >= 4 is 11.0 Å². The van der Waals surface area contributed by atoms with Crippen molar-refractivity contribution in [2.75, 3.05) is 7.11 Å². The quantitative estimate of drug-likeness (QED) is 0.607. The van der Waals surface area contributed by atoms with E-state index < -0.39 is 0 Å². The molecule has 7 heteroatoms. The number of hydrogen-bond acceptors (Lipinski definition) is 5. The van der Waals surface area contributed by atoms with E-state index in [1.165, 1.54) is 0 Å². The minimum Gasteiger partial charge on any atom is -0.496 e. The van der Waals surface area contributed by atoms with Crippen molar-refractivity contribution in [2.45, 2.75) is 19.9 Å². The molecule has 0 aliphatic carbocycles. The maximum Gasteiger partial charge on any atom is 0.326 e. The van der Waals surface area contributed by atoms with Crippen LogP contribution in [0.5, 0.6) is 5.75 Å². The van der Waals surface area contributed by atoms with Crippen molar-refractivity contribution in [1.29, 1.82) is 0 Å². The third kappa shape index (κ3) is 2.57. The van der Waals surface area contributed by atoms with Crippen LogP contribution in [0.1, 0.15) is 19.9 Å². The summed E-state index contributed by atoms with van der Waals surface area (Å²) in [6.45, 7) is 3.95. The van der Waals surface area contributed by atoms with Crippen LogP contribution in [-0.2, 0) is 0 Å². The van der Waals surface area contributed by atoms with E-state index in [1.54, 1.807) is 11.7 Å². The van der Waals surface area contributed by atoms with E-state index in [4.69, 9.17) is 9.26 Å². The van der Waals surface area contributed by atoms with Gasteiger partial charge < -0.3 is 14.2 Å². The summed E-state index contributed by atoms with van der Waals surface area (Å²) in [6, 6.07) is 13.2. The molecule has 0 unspecified atom stereocenters. The summed E-state index contributed by atoms with van der Waals surface area (Å²) in [5.74, 6) is 1.49. The minimum absolute atomic E-state index is 0.0735. The Hall–Kier alpha value is -3.35. The number of rotatable bonds is 4. The Morgan fingerprint density at radius 1 is 1.19 bits per heavy atom. The van der Waals surface area contributed by atoms with Gasteiger partial charge in [-0.15, -0.1) is 0 Å². The van der Waals surface area contributed by atoms with Crippen LogP contribution in [0.15, 0.2) is 51.8 Å². The number of fused-ring (bicyclic) bond motifs is 1. The number of ether oxygens (including phenoxy) is 1. The molecule has 0 aliphatic heterocycles. The summed E-state index contributed by atoms with van der Waals surface area (Å²) in [5.41, 5.74) is 2.95. The Morgan fingerprint density at radius 2 is 2.00 bits per heavy atom. The lowest BCUT2D eigenvalue weighted by Gasteiger charge is -2.06. The van der Waals surface area contributed by atoms with E-state index in [0.29, 0.717) is 17.5 Å². The monoisotopic (exact) mass is 350 g/mol. The largest absolute Gasteiger partial charge is 0.496 e. The van der Waals surface area contributed by atoms with E-state index in [0.717, 1.165) is 22.2 Å². The Balaban J connectivity index is 1.77. The van der Waals surface area contributed by atoms with Crippen molar-refractivity contribution in [3.05, 3.63) is 52.9 Å². The minimum atomic E-state index is -0.130. The van der Waals surface area contributed by atoms with E-state index in [9.17, 15) is 4.79 Å². The summed E-state index contributed by atoms with van der Waals surface area (Å²) in [4.78, 5) is 19.5. The lowest BCUT2D eigenvalue weighted by Crippen LogP contribution is -2.18. The summed E-state index contributed by atoms with van der Waals surface area (Å²) in [5, 5.41) is 4.07. The number of nitrogens with one attached hydrogen (secondary N) is 1. The second kappa shape index (κ2) is 6.18. The van der Waals surface area contributed by atoms with Crippen molar-refractivity contribution in [3.63, 3.8) is 0 Å². The molecule has 0 atom stereocenters. The van der Waals surface area contributed by atoms with Crippen LogP contribution in [0, 0.1) is 0 Å². The number of hydrogen-bond donors (Lipinski definition) is 1. The van der Waals surface area contributed by atoms with Crippen LogP contribution in [0.3, 0.4) is 0 Å². The van der Waals surface area contributed by atoms with E-state index in [1.807, 2.05) is 56.3 Å². The fraction of sp³-hybridized carbons (Fsp3) is 0.211. The number of benzene rings is 2. The second-order valence-corrected chi connectivity index (χ2v) is 6.25. The maximum atomic E-state index is 12.1. The van der Waals surface area contributed by atoms with Gasteiger partial charge in [-0.05, 0) is 44.2 Å². The normalized spacial score (nSPS) is 11.4. The van der Waals surface area contributed by atoms with Gasteiger partial charge in [-0.3, -0.25) is 4.57 Å². The molecule has 0 saturated heterocycles. The third-order valence-corrected chi connectivity index (χ3v) is 4.25. The number of aromatic amines is 1. The molecule has 4 rings (SSSR count).